The number of primary amides is 1. The summed E-state index contributed by atoms with van der Waals surface area (Å²) >= 11 is 0. The number of hydrogen-bond acceptors (Lipinski definition) is 4. The number of carbonyl (C=O) groups is 1. The molecule has 3 N–H and O–H groups in total. The molecule has 6 heteroatoms. The van der Waals surface area contributed by atoms with Gasteiger partial charge in [0.1, 0.15) is 5.82 Å². The van der Waals surface area contributed by atoms with Gasteiger partial charge in [0.2, 0.25) is 5.91 Å². The molecule has 0 fully saturated rings. The fourth-order valence-electron chi connectivity index (χ4n) is 1.62. The molecular weight excluding hydrogens is 247 g/mol. The van der Waals surface area contributed by atoms with Crippen LogP contribution in [0.25, 0.3) is 0 Å². The summed E-state index contributed by atoms with van der Waals surface area (Å²) in [5, 5.41) is 10.7. The third-order valence-corrected chi connectivity index (χ3v) is 2.58. The molecule has 0 saturated heterocycles. The molecule has 0 radical (unpaired) electrons. The predicted octanol–water partition coefficient (Wildman–Crippen LogP) is 1.00. The molecule has 2 rings (SSSR count). The van der Waals surface area contributed by atoms with E-state index >= 15 is 0 Å². The van der Waals surface area contributed by atoms with Gasteiger partial charge in [0, 0.05) is 30.4 Å². The molecule has 19 heavy (non-hydrogen) atoms. The third-order valence-electron chi connectivity index (χ3n) is 2.58. The summed E-state index contributed by atoms with van der Waals surface area (Å²) in [5.41, 5.74) is 6.59. The van der Waals surface area contributed by atoms with Crippen LogP contribution in [0.4, 0.5) is 4.39 Å². The van der Waals surface area contributed by atoms with Crippen molar-refractivity contribution >= 4 is 5.91 Å². The van der Waals surface area contributed by atoms with Crippen molar-refractivity contribution in [3.63, 3.8) is 0 Å². The molecule has 0 aliphatic carbocycles. The highest BCUT2D eigenvalue weighted by atomic mass is 19.1. The number of rotatable bonds is 5. The standard InChI is InChI=1S/C13H13FN4O/c14-12-4-3-9(13(15)19)6-10(12)7-16-8-11-2-1-5-17-18-11/h1-6,16H,7-8H2,(H2,15,19). The zero-order valence-corrected chi connectivity index (χ0v) is 10.1. The van der Waals surface area contributed by atoms with Crippen molar-refractivity contribution in [1.29, 1.82) is 0 Å². The van der Waals surface area contributed by atoms with Crippen LogP contribution < -0.4 is 11.1 Å². The van der Waals surface area contributed by atoms with Crippen LogP contribution in [0, 0.1) is 5.82 Å². The zero-order valence-electron chi connectivity index (χ0n) is 10.1. The van der Waals surface area contributed by atoms with Crippen LogP contribution in [0.1, 0.15) is 21.6 Å². The van der Waals surface area contributed by atoms with Gasteiger partial charge in [-0.05, 0) is 30.3 Å². The second kappa shape index (κ2) is 6.01. The molecule has 0 spiro atoms. The lowest BCUT2D eigenvalue weighted by atomic mass is 10.1. The fourth-order valence-corrected chi connectivity index (χ4v) is 1.62. The molecule has 0 saturated carbocycles. The van der Waals surface area contributed by atoms with Crippen molar-refractivity contribution in [3.8, 4) is 0 Å². The summed E-state index contributed by atoms with van der Waals surface area (Å²) in [6, 6.07) is 7.64. The van der Waals surface area contributed by atoms with Crippen molar-refractivity contribution in [2.45, 2.75) is 13.1 Å². The topological polar surface area (TPSA) is 80.9 Å². The third kappa shape index (κ3) is 3.56. The van der Waals surface area contributed by atoms with Crippen LogP contribution in [-0.2, 0) is 13.1 Å². The predicted molar refractivity (Wildman–Crippen MR) is 67.5 cm³/mol. The molecule has 0 atom stereocenters. The second-order valence-corrected chi connectivity index (χ2v) is 3.99. The Hall–Kier alpha value is -2.34. The van der Waals surface area contributed by atoms with Crippen LogP contribution in [0.15, 0.2) is 36.5 Å². The summed E-state index contributed by atoms with van der Waals surface area (Å²) in [7, 11) is 0. The van der Waals surface area contributed by atoms with Crippen LogP contribution in [0.2, 0.25) is 0 Å². The van der Waals surface area contributed by atoms with E-state index in [2.05, 4.69) is 15.5 Å². The van der Waals surface area contributed by atoms with E-state index in [-0.39, 0.29) is 17.9 Å². The number of halogens is 1. The van der Waals surface area contributed by atoms with Gasteiger partial charge in [-0.1, -0.05) is 0 Å². The number of nitrogens with two attached hydrogens (primary N) is 1. The first-order valence-corrected chi connectivity index (χ1v) is 5.72. The highest BCUT2D eigenvalue weighted by molar-refractivity contribution is 5.92. The van der Waals surface area contributed by atoms with Crippen LogP contribution >= 0.6 is 0 Å². The molecule has 0 aliphatic rings. The van der Waals surface area contributed by atoms with Gasteiger partial charge >= 0.3 is 0 Å². The van der Waals surface area contributed by atoms with Crippen molar-refractivity contribution in [2.75, 3.05) is 0 Å². The number of benzene rings is 1. The Morgan fingerprint density at radius 1 is 1.32 bits per heavy atom. The normalized spacial score (nSPS) is 10.4. The Morgan fingerprint density at radius 2 is 2.16 bits per heavy atom. The van der Waals surface area contributed by atoms with E-state index in [1.54, 1.807) is 12.3 Å². The molecule has 2 aromatic rings. The van der Waals surface area contributed by atoms with Crippen molar-refractivity contribution in [3.05, 3.63) is 59.2 Å². The number of aromatic nitrogens is 2. The first-order valence-electron chi connectivity index (χ1n) is 5.72. The summed E-state index contributed by atoms with van der Waals surface area (Å²) in [5.74, 6) is -0.952. The molecule has 98 valence electrons. The SMILES string of the molecule is NC(=O)c1ccc(F)c(CNCc2cccnn2)c1. The Labute approximate surface area is 109 Å². The van der Waals surface area contributed by atoms with E-state index in [4.69, 9.17) is 5.73 Å². The van der Waals surface area contributed by atoms with E-state index in [1.165, 1.54) is 18.2 Å². The Kier molecular flexibility index (Phi) is 4.15. The minimum absolute atomic E-state index is 0.281. The molecule has 5 nitrogen and oxygen atoms in total. The van der Waals surface area contributed by atoms with Crippen LogP contribution in [-0.4, -0.2) is 16.1 Å². The smallest absolute Gasteiger partial charge is 0.248 e. The largest absolute Gasteiger partial charge is 0.366 e. The lowest BCUT2D eigenvalue weighted by Crippen LogP contribution is -2.16. The highest BCUT2D eigenvalue weighted by Crippen LogP contribution is 2.10. The lowest BCUT2D eigenvalue weighted by Gasteiger charge is -2.06. The molecule has 1 heterocycles. The molecule has 1 amide bonds. The molecule has 0 bridgehead atoms. The second-order valence-electron chi connectivity index (χ2n) is 3.99. The molecule has 0 aliphatic heterocycles. The number of hydrogen-bond donors (Lipinski definition) is 2. The van der Waals surface area contributed by atoms with Gasteiger partial charge in [-0.25, -0.2) is 4.39 Å². The average molecular weight is 260 g/mol. The van der Waals surface area contributed by atoms with Crippen LogP contribution in [0.5, 0.6) is 0 Å². The van der Waals surface area contributed by atoms with E-state index in [9.17, 15) is 9.18 Å². The lowest BCUT2D eigenvalue weighted by molar-refractivity contribution is 0.1000. The van der Waals surface area contributed by atoms with Gasteiger partial charge in [0.15, 0.2) is 0 Å². The first-order chi connectivity index (χ1) is 9.16. The maximum atomic E-state index is 13.5. The Bertz CT molecular complexity index is 574. The summed E-state index contributed by atoms with van der Waals surface area (Å²) in [6.45, 7) is 0.748. The zero-order chi connectivity index (χ0) is 13.7. The van der Waals surface area contributed by atoms with E-state index < -0.39 is 5.91 Å². The summed E-state index contributed by atoms with van der Waals surface area (Å²) in [4.78, 5) is 11.0. The Morgan fingerprint density at radius 3 is 2.84 bits per heavy atom. The molecule has 1 aromatic heterocycles. The summed E-state index contributed by atoms with van der Waals surface area (Å²) < 4.78 is 13.5. The average Bonchev–Trinajstić information content (AvgIpc) is 2.42. The fraction of sp³-hybridized carbons (Fsp3) is 0.154. The van der Waals surface area contributed by atoms with E-state index in [1.807, 2.05) is 6.07 Å². The quantitative estimate of drug-likeness (QED) is 0.840. The molecule has 0 unspecified atom stereocenters. The number of nitrogens with zero attached hydrogens (tertiary/aromatic N) is 2. The first kappa shape index (κ1) is 13.1. The van der Waals surface area contributed by atoms with E-state index in [0.29, 0.717) is 12.1 Å². The van der Waals surface area contributed by atoms with Gasteiger partial charge in [0.25, 0.3) is 0 Å². The summed E-state index contributed by atoms with van der Waals surface area (Å²) in [6.07, 6.45) is 1.58. The van der Waals surface area contributed by atoms with Gasteiger partial charge < -0.3 is 11.1 Å². The van der Waals surface area contributed by atoms with Crippen molar-refractivity contribution in [1.82, 2.24) is 15.5 Å². The minimum Gasteiger partial charge on any atom is -0.366 e. The monoisotopic (exact) mass is 260 g/mol. The van der Waals surface area contributed by atoms with Crippen molar-refractivity contribution < 1.29 is 9.18 Å². The molecule has 1 aromatic carbocycles. The van der Waals surface area contributed by atoms with Gasteiger partial charge in [-0.15, -0.1) is 0 Å². The van der Waals surface area contributed by atoms with Gasteiger partial charge in [-0.3, -0.25) is 4.79 Å². The molecular formula is C13H13FN4O. The van der Waals surface area contributed by atoms with Crippen molar-refractivity contribution in [2.24, 2.45) is 5.73 Å². The van der Waals surface area contributed by atoms with Gasteiger partial charge in [-0.2, -0.15) is 10.2 Å². The number of carbonyl (C=O) groups excluding carboxylic acids is 1. The number of nitrogens with one attached hydrogen (secondary N) is 1. The highest BCUT2D eigenvalue weighted by Gasteiger charge is 2.06. The minimum atomic E-state index is -0.574. The maximum Gasteiger partial charge on any atom is 0.248 e. The van der Waals surface area contributed by atoms with Crippen LogP contribution in [0.3, 0.4) is 0 Å². The maximum absolute atomic E-state index is 13.5. The van der Waals surface area contributed by atoms with E-state index in [0.717, 1.165) is 5.69 Å². The Balaban J connectivity index is 1.99. The number of amides is 1. The van der Waals surface area contributed by atoms with Gasteiger partial charge in [0.05, 0.1) is 5.69 Å².